The number of methoxy groups -OCH3 is 1. The number of nitrogens with two attached hydrogens (primary N) is 1. The average Bonchev–Trinajstić information content (AvgIpc) is 2.46. The summed E-state index contributed by atoms with van der Waals surface area (Å²) in [5.41, 5.74) is 4.09. The third kappa shape index (κ3) is 3.98. The van der Waals surface area contributed by atoms with Crippen LogP contribution in [0.25, 0.3) is 0 Å². The normalized spacial score (nSPS) is 24.4. The molecule has 1 aromatic carbocycles. The number of rotatable bonds is 5. The maximum Gasteiger partial charge on any atom is 0.122 e. The van der Waals surface area contributed by atoms with Crippen LogP contribution < -0.4 is 16.0 Å². The molecular formula is C14H21ClN2OS2. The number of hydrogen-bond donors (Lipinski definition) is 2. The lowest BCUT2D eigenvalue weighted by Crippen LogP contribution is -2.48. The second kappa shape index (κ2) is 7.80. The van der Waals surface area contributed by atoms with Gasteiger partial charge < -0.3 is 4.74 Å². The number of nitrogens with one attached hydrogen (secondary N) is 1. The van der Waals surface area contributed by atoms with Gasteiger partial charge in [0.25, 0.3) is 0 Å². The van der Waals surface area contributed by atoms with Crippen LogP contribution in [0.1, 0.15) is 12.5 Å². The molecule has 3 N–H and O–H groups in total. The van der Waals surface area contributed by atoms with Crippen molar-refractivity contribution in [2.45, 2.75) is 29.9 Å². The van der Waals surface area contributed by atoms with Crippen molar-refractivity contribution in [2.75, 3.05) is 18.6 Å². The Bertz CT molecular complexity index is 447. The first-order valence-electron chi connectivity index (χ1n) is 6.67. The van der Waals surface area contributed by atoms with Gasteiger partial charge in [0.15, 0.2) is 0 Å². The van der Waals surface area contributed by atoms with E-state index in [4.69, 9.17) is 22.2 Å². The number of benzene rings is 1. The summed E-state index contributed by atoms with van der Waals surface area (Å²) >= 11 is 10.1. The Kier molecular flexibility index (Phi) is 6.36. The number of halogens is 1. The molecule has 0 aliphatic carbocycles. The van der Waals surface area contributed by atoms with Crippen LogP contribution in [0.2, 0.25) is 5.02 Å². The topological polar surface area (TPSA) is 47.3 Å². The van der Waals surface area contributed by atoms with Gasteiger partial charge in [-0.2, -0.15) is 23.5 Å². The highest BCUT2D eigenvalue weighted by atomic mass is 35.5. The van der Waals surface area contributed by atoms with Gasteiger partial charge in [0, 0.05) is 33.1 Å². The fourth-order valence-corrected chi connectivity index (χ4v) is 5.64. The van der Waals surface area contributed by atoms with Crippen molar-refractivity contribution >= 4 is 35.1 Å². The molecule has 0 radical (unpaired) electrons. The van der Waals surface area contributed by atoms with Gasteiger partial charge in [0.2, 0.25) is 0 Å². The first-order chi connectivity index (χ1) is 9.65. The fourth-order valence-electron chi connectivity index (χ4n) is 2.51. The third-order valence-electron chi connectivity index (χ3n) is 3.53. The van der Waals surface area contributed by atoms with E-state index in [9.17, 15) is 0 Å². The fraction of sp³-hybridized carbons (Fsp3) is 0.571. The first kappa shape index (κ1) is 16.3. The molecule has 1 aliphatic rings. The molecule has 3 unspecified atom stereocenters. The van der Waals surface area contributed by atoms with E-state index >= 15 is 0 Å². The standard InChI is InChI=1S/C14H21ClN2OS2/c1-9-14(20-6-5-19-9)12(17-16)8-10-7-11(15)3-4-13(10)18-2/h3-4,7,9,12,14,17H,5-6,8,16H2,1-2H3. The minimum Gasteiger partial charge on any atom is -0.496 e. The summed E-state index contributed by atoms with van der Waals surface area (Å²) < 4.78 is 5.42. The van der Waals surface area contributed by atoms with Gasteiger partial charge in [-0.05, 0) is 30.2 Å². The van der Waals surface area contributed by atoms with Gasteiger partial charge in [0.05, 0.1) is 7.11 Å². The minimum atomic E-state index is 0.218. The second-order valence-corrected chi connectivity index (χ2v) is 8.05. The highest BCUT2D eigenvalue weighted by Gasteiger charge is 2.30. The zero-order chi connectivity index (χ0) is 14.5. The van der Waals surface area contributed by atoms with Crippen LogP contribution in [-0.4, -0.2) is 35.2 Å². The third-order valence-corrected chi connectivity index (χ3v) is 7.02. The van der Waals surface area contributed by atoms with Crippen molar-refractivity contribution in [3.05, 3.63) is 28.8 Å². The van der Waals surface area contributed by atoms with Crippen LogP contribution in [0.4, 0.5) is 0 Å². The molecular weight excluding hydrogens is 312 g/mol. The maximum absolute atomic E-state index is 6.10. The zero-order valence-corrected chi connectivity index (χ0v) is 14.2. The Labute approximate surface area is 134 Å². The maximum atomic E-state index is 6.10. The van der Waals surface area contributed by atoms with Crippen LogP contribution in [0.15, 0.2) is 18.2 Å². The Morgan fingerprint density at radius 1 is 1.45 bits per heavy atom. The predicted octanol–water partition coefficient (Wildman–Crippen LogP) is 2.96. The number of hydrogen-bond acceptors (Lipinski definition) is 5. The molecule has 3 atom stereocenters. The van der Waals surface area contributed by atoms with Gasteiger partial charge in [-0.1, -0.05) is 18.5 Å². The van der Waals surface area contributed by atoms with Crippen molar-refractivity contribution in [3.63, 3.8) is 0 Å². The molecule has 0 aromatic heterocycles. The van der Waals surface area contributed by atoms with Crippen LogP contribution in [0.5, 0.6) is 5.75 Å². The van der Waals surface area contributed by atoms with Crippen LogP contribution in [0, 0.1) is 0 Å². The summed E-state index contributed by atoms with van der Waals surface area (Å²) in [6.45, 7) is 2.28. The van der Waals surface area contributed by atoms with Crippen molar-refractivity contribution < 1.29 is 4.74 Å². The van der Waals surface area contributed by atoms with E-state index in [0.29, 0.717) is 10.5 Å². The van der Waals surface area contributed by atoms with E-state index in [1.165, 1.54) is 11.5 Å². The number of ether oxygens (including phenoxy) is 1. The summed E-state index contributed by atoms with van der Waals surface area (Å²) in [5.74, 6) is 9.08. The Balaban J connectivity index is 2.15. The van der Waals surface area contributed by atoms with Crippen LogP contribution in [0.3, 0.4) is 0 Å². The molecule has 1 fully saturated rings. The molecule has 1 saturated heterocycles. The van der Waals surface area contributed by atoms with E-state index in [1.54, 1.807) is 7.11 Å². The quantitative estimate of drug-likeness (QED) is 0.641. The predicted molar refractivity (Wildman–Crippen MR) is 91.0 cm³/mol. The minimum absolute atomic E-state index is 0.218. The smallest absolute Gasteiger partial charge is 0.122 e. The number of hydrazine groups is 1. The summed E-state index contributed by atoms with van der Waals surface area (Å²) in [5, 5.41) is 1.83. The number of thioether (sulfide) groups is 2. The zero-order valence-electron chi connectivity index (χ0n) is 11.8. The molecule has 0 spiro atoms. The van der Waals surface area contributed by atoms with E-state index in [1.807, 2.05) is 41.7 Å². The molecule has 1 aliphatic heterocycles. The van der Waals surface area contributed by atoms with Gasteiger partial charge in [-0.3, -0.25) is 11.3 Å². The van der Waals surface area contributed by atoms with Gasteiger partial charge in [-0.25, -0.2) is 0 Å². The Hall–Kier alpha value is -0.0700. The molecule has 1 aromatic rings. The molecule has 0 amide bonds. The summed E-state index contributed by atoms with van der Waals surface area (Å²) in [6, 6.07) is 5.95. The molecule has 2 rings (SSSR count). The van der Waals surface area contributed by atoms with Gasteiger partial charge >= 0.3 is 0 Å². The van der Waals surface area contributed by atoms with Crippen molar-refractivity contribution in [2.24, 2.45) is 5.84 Å². The van der Waals surface area contributed by atoms with E-state index in [0.717, 1.165) is 22.8 Å². The SMILES string of the molecule is COc1ccc(Cl)cc1CC(NN)C1SCCSC1C. The summed E-state index contributed by atoms with van der Waals surface area (Å²) in [7, 11) is 1.69. The molecule has 1 heterocycles. The van der Waals surface area contributed by atoms with E-state index in [2.05, 4.69) is 12.3 Å². The van der Waals surface area contributed by atoms with Crippen LogP contribution in [-0.2, 0) is 6.42 Å². The lowest BCUT2D eigenvalue weighted by atomic mass is 10.0. The highest BCUT2D eigenvalue weighted by Crippen LogP contribution is 2.35. The molecule has 20 heavy (non-hydrogen) atoms. The van der Waals surface area contributed by atoms with Crippen LogP contribution >= 0.6 is 35.1 Å². The monoisotopic (exact) mass is 332 g/mol. The lowest BCUT2D eigenvalue weighted by Gasteiger charge is -2.34. The Morgan fingerprint density at radius 3 is 2.85 bits per heavy atom. The first-order valence-corrected chi connectivity index (χ1v) is 9.15. The molecule has 0 bridgehead atoms. The molecule has 112 valence electrons. The summed E-state index contributed by atoms with van der Waals surface area (Å²) in [6.07, 6.45) is 0.822. The van der Waals surface area contributed by atoms with Gasteiger partial charge in [-0.15, -0.1) is 0 Å². The molecule has 0 saturated carbocycles. The van der Waals surface area contributed by atoms with Gasteiger partial charge in [0.1, 0.15) is 5.75 Å². The largest absolute Gasteiger partial charge is 0.496 e. The average molecular weight is 333 g/mol. The summed E-state index contributed by atoms with van der Waals surface area (Å²) in [4.78, 5) is 0. The highest BCUT2D eigenvalue weighted by molar-refractivity contribution is 8.07. The van der Waals surface area contributed by atoms with Crippen molar-refractivity contribution in [1.82, 2.24) is 5.43 Å². The molecule has 3 nitrogen and oxygen atoms in total. The molecule has 6 heteroatoms. The van der Waals surface area contributed by atoms with E-state index < -0.39 is 0 Å². The lowest BCUT2D eigenvalue weighted by molar-refractivity contribution is 0.404. The van der Waals surface area contributed by atoms with Crippen molar-refractivity contribution in [1.29, 1.82) is 0 Å². The van der Waals surface area contributed by atoms with Crippen molar-refractivity contribution in [3.8, 4) is 5.75 Å². The second-order valence-electron chi connectivity index (χ2n) is 4.84. The van der Waals surface area contributed by atoms with E-state index in [-0.39, 0.29) is 6.04 Å². The Morgan fingerprint density at radius 2 is 2.20 bits per heavy atom.